The predicted octanol–water partition coefficient (Wildman–Crippen LogP) is 2.72. The lowest BCUT2D eigenvalue weighted by molar-refractivity contribution is -0.143. The normalized spacial score (nSPS) is 12.5. The predicted molar refractivity (Wildman–Crippen MR) is 102 cm³/mol. The molecule has 1 aromatic heterocycles. The van der Waals surface area contributed by atoms with Crippen LogP contribution in [0.3, 0.4) is 0 Å². The Hall–Kier alpha value is -2.05. The van der Waals surface area contributed by atoms with Gasteiger partial charge in [0.25, 0.3) is 0 Å². The molecule has 0 radical (unpaired) electrons. The SMILES string of the molecule is CCOC(=O)CCCn1ccc2c(OCC(O)CNC(C)C)cccc21. The summed E-state index contributed by atoms with van der Waals surface area (Å²) in [5.41, 5.74) is 1.06. The molecule has 6 heteroatoms. The maximum absolute atomic E-state index is 11.5. The van der Waals surface area contributed by atoms with Crippen molar-refractivity contribution in [3.05, 3.63) is 30.5 Å². The Bertz CT molecular complexity index is 696. The first kappa shape index (κ1) is 20.3. The standard InChI is InChI=1S/C20H30N2O4/c1-4-25-20(24)9-6-11-22-12-10-17-18(22)7-5-8-19(17)26-14-16(23)13-21-15(2)3/h5,7-8,10,12,15-16,21,23H,4,6,9,11,13-14H2,1-3H3. The first-order valence-electron chi connectivity index (χ1n) is 9.29. The zero-order valence-electron chi connectivity index (χ0n) is 15.9. The highest BCUT2D eigenvalue weighted by atomic mass is 16.5. The minimum absolute atomic E-state index is 0.156. The summed E-state index contributed by atoms with van der Waals surface area (Å²) in [4.78, 5) is 11.5. The number of carbonyl (C=O) groups is 1. The fourth-order valence-electron chi connectivity index (χ4n) is 2.76. The topological polar surface area (TPSA) is 72.7 Å². The fraction of sp³-hybridized carbons (Fsp3) is 0.550. The first-order valence-corrected chi connectivity index (χ1v) is 9.29. The van der Waals surface area contributed by atoms with Gasteiger partial charge in [0.1, 0.15) is 18.5 Å². The molecule has 0 saturated carbocycles. The summed E-state index contributed by atoms with van der Waals surface area (Å²) in [6.07, 6.45) is 2.59. The van der Waals surface area contributed by atoms with Gasteiger partial charge in [0.05, 0.1) is 12.1 Å². The Kier molecular flexibility index (Phi) is 7.94. The third kappa shape index (κ3) is 6.04. The monoisotopic (exact) mass is 362 g/mol. The van der Waals surface area contributed by atoms with Crippen molar-refractivity contribution in [2.75, 3.05) is 19.8 Å². The Labute approximate surface area is 155 Å². The Morgan fingerprint density at radius 1 is 1.31 bits per heavy atom. The molecule has 0 saturated heterocycles. The number of nitrogens with zero attached hydrogens (tertiary/aromatic N) is 1. The van der Waals surface area contributed by atoms with E-state index in [2.05, 4.69) is 9.88 Å². The van der Waals surface area contributed by atoms with Crippen LogP contribution < -0.4 is 10.1 Å². The molecule has 26 heavy (non-hydrogen) atoms. The van der Waals surface area contributed by atoms with E-state index in [4.69, 9.17) is 9.47 Å². The lowest BCUT2D eigenvalue weighted by atomic mass is 10.2. The number of aryl methyl sites for hydroxylation is 1. The molecule has 0 amide bonds. The fourth-order valence-corrected chi connectivity index (χ4v) is 2.76. The molecule has 144 valence electrons. The molecule has 2 N–H and O–H groups in total. The minimum atomic E-state index is -0.556. The molecule has 1 aromatic carbocycles. The number of nitrogens with one attached hydrogen (secondary N) is 1. The number of aromatic nitrogens is 1. The van der Waals surface area contributed by atoms with Crippen molar-refractivity contribution in [3.63, 3.8) is 0 Å². The number of hydrogen-bond donors (Lipinski definition) is 2. The van der Waals surface area contributed by atoms with Gasteiger partial charge in [-0.25, -0.2) is 0 Å². The molecule has 6 nitrogen and oxygen atoms in total. The van der Waals surface area contributed by atoms with E-state index in [0.29, 0.717) is 25.6 Å². The highest BCUT2D eigenvalue weighted by Gasteiger charge is 2.10. The molecule has 0 aliphatic carbocycles. The molecular formula is C20H30N2O4. The maximum Gasteiger partial charge on any atom is 0.305 e. The molecule has 0 fully saturated rings. The zero-order valence-corrected chi connectivity index (χ0v) is 15.9. The van der Waals surface area contributed by atoms with Gasteiger partial charge in [-0.15, -0.1) is 0 Å². The Morgan fingerprint density at radius 3 is 2.85 bits per heavy atom. The van der Waals surface area contributed by atoms with Crippen LogP contribution in [0.2, 0.25) is 0 Å². The summed E-state index contributed by atoms with van der Waals surface area (Å²) in [5, 5.41) is 14.2. The van der Waals surface area contributed by atoms with Crippen molar-refractivity contribution < 1.29 is 19.4 Å². The van der Waals surface area contributed by atoms with Crippen molar-refractivity contribution in [1.82, 2.24) is 9.88 Å². The molecule has 1 heterocycles. The van der Waals surface area contributed by atoms with E-state index in [0.717, 1.165) is 29.6 Å². The van der Waals surface area contributed by atoms with Gasteiger partial charge < -0.3 is 24.5 Å². The summed E-state index contributed by atoms with van der Waals surface area (Å²) < 4.78 is 12.9. The zero-order chi connectivity index (χ0) is 18.9. The van der Waals surface area contributed by atoms with Crippen LogP contribution in [-0.2, 0) is 16.1 Å². The van der Waals surface area contributed by atoms with Crippen LogP contribution in [-0.4, -0.2) is 47.5 Å². The van der Waals surface area contributed by atoms with Crippen LogP contribution in [0.5, 0.6) is 5.75 Å². The number of fused-ring (bicyclic) bond motifs is 1. The Balaban J connectivity index is 1.94. The van der Waals surface area contributed by atoms with E-state index in [1.54, 1.807) is 0 Å². The Morgan fingerprint density at radius 2 is 2.12 bits per heavy atom. The van der Waals surface area contributed by atoms with Crippen molar-refractivity contribution in [3.8, 4) is 5.75 Å². The second-order valence-electron chi connectivity index (χ2n) is 6.63. The molecule has 0 bridgehead atoms. The number of benzene rings is 1. The summed E-state index contributed by atoms with van der Waals surface area (Å²) in [5.74, 6) is 0.604. The van der Waals surface area contributed by atoms with E-state index in [1.165, 1.54) is 0 Å². The molecule has 0 aliphatic rings. The highest BCUT2D eigenvalue weighted by Crippen LogP contribution is 2.27. The molecule has 2 aromatic rings. The van der Waals surface area contributed by atoms with Gasteiger partial charge in [0.15, 0.2) is 0 Å². The average Bonchev–Trinajstić information content (AvgIpc) is 3.02. The minimum Gasteiger partial charge on any atom is -0.490 e. The number of carbonyl (C=O) groups excluding carboxylic acids is 1. The van der Waals surface area contributed by atoms with E-state index < -0.39 is 6.10 Å². The van der Waals surface area contributed by atoms with Crippen LogP contribution in [0.1, 0.15) is 33.6 Å². The van der Waals surface area contributed by atoms with E-state index in [1.807, 2.05) is 51.2 Å². The van der Waals surface area contributed by atoms with Gasteiger partial charge in [0, 0.05) is 37.1 Å². The van der Waals surface area contributed by atoms with Gasteiger partial charge in [-0.3, -0.25) is 4.79 Å². The molecule has 2 rings (SSSR count). The molecule has 1 unspecified atom stereocenters. The third-order valence-corrected chi connectivity index (χ3v) is 4.05. The van der Waals surface area contributed by atoms with Crippen molar-refractivity contribution in [1.29, 1.82) is 0 Å². The molecule has 0 spiro atoms. The van der Waals surface area contributed by atoms with Gasteiger partial charge in [0.2, 0.25) is 0 Å². The molecular weight excluding hydrogens is 332 g/mol. The largest absolute Gasteiger partial charge is 0.490 e. The first-order chi connectivity index (χ1) is 12.5. The average molecular weight is 362 g/mol. The van der Waals surface area contributed by atoms with Crippen molar-refractivity contribution in [2.45, 2.75) is 52.3 Å². The van der Waals surface area contributed by atoms with Crippen LogP contribution in [0, 0.1) is 0 Å². The molecule has 1 atom stereocenters. The van der Waals surface area contributed by atoms with Crippen LogP contribution in [0.4, 0.5) is 0 Å². The van der Waals surface area contributed by atoms with Crippen molar-refractivity contribution in [2.24, 2.45) is 0 Å². The molecule has 0 aliphatic heterocycles. The smallest absolute Gasteiger partial charge is 0.305 e. The van der Waals surface area contributed by atoms with Gasteiger partial charge >= 0.3 is 5.97 Å². The van der Waals surface area contributed by atoms with Gasteiger partial charge in [-0.1, -0.05) is 19.9 Å². The summed E-state index contributed by atoms with van der Waals surface area (Å²) in [7, 11) is 0. The van der Waals surface area contributed by atoms with Crippen LogP contribution in [0.15, 0.2) is 30.5 Å². The second-order valence-corrected chi connectivity index (χ2v) is 6.63. The van der Waals surface area contributed by atoms with Gasteiger partial charge in [-0.05, 0) is 31.5 Å². The lowest BCUT2D eigenvalue weighted by Gasteiger charge is -2.15. The van der Waals surface area contributed by atoms with Crippen LogP contribution in [0.25, 0.3) is 10.9 Å². The number of aliphatic hydroxyl groups is 1. The number of esters is 1. The van der Waals surface area contributed by atoms with Crippen LogP contribution >= 0.6 is 0 Å². The number of ether oxygens (including phenoxy) is 2. The maximum atomic E-state index is 11.5. The summed E-state index contributed by atoms with van der Waals surface area (Å²) >= 11 is 0. The van der Waals surface area contributed by atoms with Crippen molar-refractivity contribution >= 4 is 16.9 Å². The second kappa shape index (κ2) is 10.2. The van der Waals surface area contributed by atoms with E-state index in [9.17, 15) is 9.90 Å². The highest BCUT2D eigenvalue weighted by molar-refractivity contribution is 5.86. The van der Waals surface area contributed by atoms with Gasteiger partial charge in [-0.2, -0.15) is 0 Å². The van der Waals surface area contributed by atoms with E-state index in [-0.39, 0.29) is 12.6 Å². The lowest BCUT2D eigenvalue weighted by Crippen LogP contribution is -2.35. The quantitative estimate of drug-likeness (QED) is 0.601. The third-order valence-electron chi connectivity index (χ3n) is 4.05. The summed E-state index contributed by atoms with van der Waals surface area (Å²) in [6.45, 7) is 7.80. The summed E-state index contributed by atoms with van der Waals surface area (Å²) in [6, 6.07) is 8.22. The van der Waals surface area contributed by atoms with E-state index >= 15 is 0 Å². The number of aliphatic hydroxyl groups excluding tert-OH is 1. The number of hydrogen-bond acceptors (Lipinski definition) is 5. The number of rotatable bonds is 11.